The molecule has 0 aliphatic carbocycles. The SMILES string of the molecule is C[C@H](Sc1nncn1-c1ccccc1)C(=O)c1ccc(Br)cc1. The van der Waals surface area contributed by atoms with Crippen LogP contribution in [0.4, 0.5) is 0 Å². The Morgan fingerprint density at radius 3 is 2.52 bits per heavy atom. The summed E-state index contributed by atoms with van der Waals surface area (Å²) in [6.07, 6.45) is 1.66. The third kappa shape index (κ3) is 3.71. The maximum atomic E-state index is 12.5. The molecular weight excluding hydrogens is 374 g/mol. The summed E-state index contributed by atoms with van der Waals surface area (Å²) < 4.78 is 2.84. The number of ketones is 1. The van der Waals surface area contributed by atoms with E-state index in [4.69, 9.17) is 0 Å². The van der Waals surface area contributed by atoms with Gasteiger partial charge in [-0.15, -0.1) is 10.2 Å². The van der Waals surface area contributed by atoms with Gasteiger partial charge in [0.15, 0.2) is 10.9 Å². The van der Waals surface area contributed by atoms with Crippen molar-refractivity contribution in [3.63, 3.8) is 0 Å². The van der Waals surface area contributed by atoms with E-state index in [9.17, 15) is 4.79 Å². The van der Waals surface area contributed by atoms with Crippen molar-refractivity contribution >= 4 is 33.5 Å². The molecule has 2 aromatic carbocycles. The van der Waals surface area contributed by atoms with E-state index in [1.807, 2.05) is 66.1 Å². The van der Waals surface area contributed by atoms with Crippen molar-refractivity contribution in [1.82, 2.24) is 14.8 Å². The first-order valence-electron chi connectivity index (χ1n) is 7.07. The molecule has 0 aliphatic heterocycles. The zero-order valence-electron chi connectivity index (χ0n) is 12.4. The number of carbonyl (C=O) groups excluding carboxylic acids is 1. The minimum Gasteiger partial charge on any atom is -0.293 e. The molecule has 0 saturated carbocycles. The number of hydrogen-bond donors (Lipinski definition) is 0. The molecule has 0 saturated heterocycles. The Morgan fingerprint density at radius 1 is 1.13 bits per heavy atom. The average molecular weight is 388 g/mol. The maximum absolute atomic E-state index is 12.5. The van der Waals surface area contributed by atoms with Crippen LogP contribution in [-0.2, 0) is 0 Å². The van der Waals surface area contributed by atoms with Gasteiger partial charge < -0.3 is 0 Å². The molecule has 0 bridgehead atoms. The van der Waals surface area contributed by atoms with Crippen molar-refractivity contribution in [2.45, 2.75) is 17.3 Å². The van der Waals surface area contributed by atoms with Gasteiger partial charge in [-0.1, -0.05) is 58.0 Å². The monoisotopic (exact) mass is 387 g/mol. The topological polar surface area (TPSA) is 47.8 Å². The fourth-order valence-electron chi connectivity index (χ4n) is 2.13. The average Bonchev–Trinajstić information content (AvgIpc) is 3.04. The molecule has 0 aliphatic rings. The van der Waals surface area contributed by atoms with Gasteiger partial charge in [0.2, 0.25) is 0 Å². The van der Waals surface area contributed by atoms with Crippen LogP contribution in [0.25, 0.3) is 5.69 Å². The Morgan fingerprint density at radius 2 is 1.83 bits per heavy atom. The van der Waals surface area contributed by atoms with Crippen molar-refractivity contribution in [3.05, 3.63) is 71.0 Å². The fraction of sp³-hybridized carbons (Fsp3) is 0.118. The maximum Gasteiger partial charge on any atom is 0.196 e. The Labute approximate surface area is 147 Å². The van der Waals surface area contributed by atoms with E-state index >= 15 is 0 Å². The van der Waals surface area contributed by atoms with Crippen LogP contribution in [-0.4, -0.2) is 25.8 Å². The van der Waals surface area contributed by atoms with Gasteiger partial charge in [-0.05, 0) is 31.2 Å². The van der Waals surface area contributed by atoms with Crippen LogP contribution in [0.1, 0.15) is 17.3 Å². The van der Waals surface area contributed by atoms with E-state index in [2.05, 4.69) is 26.1 Å². The molecule has 0 amide bonds. The molecule has 0 radical (unpaired) electrons. The lowest BCUT2D eigenvalue weighted by Gasteiger charge is -2.11. The Hall–Kier alpha value is -1.92. The van der Waals surface area contributed by atoms with E-state index in [1.165, 1.54) is 11.8 Å². The van der Waals surface area contributed by atoms with Gasteiger partial charge in [-0.25, -0.2) is 0 Å². The molecule has 1 aromatic heterocycles. The number of carbonyl (C=O) groups is 1. The molecule has 0 unspecified atom stereocenters. The number of rotatable bonds is 5. The van der Waals surface area contributed by atoms with Crippen molar-refractivity contribution in [3.8, 4) is 5.69 Å². The molecular formula is C17H14BrN3OS. The number of benzene rings is 2. The molecule has 3 aromatic rings. The quantitative estimate of drug-likeness (QED) is 0.480. The van der Waals surface area contributed by atoms with Crippen molar-refractivity contribution in [2.75, 3.05) is 0 Å². The van der Waals surface area contributed by atoms with Crippen molar-refractivity contribution < 1.29 is 4.79 Å². The van der Waals surface area contributed by atoms with E-state index < -0.39 is 0 Å². The van der Waals surface area contributed by atoms with Crippen LogP contribution in [0.5, 0.6) is 0 Å². The highest BCUT2D eigenvalue weighted by atomic mass is 79.9. The summed E-state index contributed by atoms with van der Waals surface area (Å²) in [6.45, 7) is 1.89. The van der Waals surface area contributed by atoms with Crippen LogP contribution < -0.4 is 0 Å². The third-order valence-electron chi connectivity index (χ3n) is 3.33. The number of halogens is 1. The number of para-hydroxylation sites is 1. The highest BCUT2D eigenvalue weighted by molar-refractivity contribution is 9.10. The predicted octanol–water partition coefficient (Wildman–Crippen LogP) is 4.39. The Balaban J connectivity index is 1.79. The second-order valence-corrected chi connectivity index (χ2v) is 7.17. The minimum atomic E-state index is -0.247. The molecule has 3 rings (SSSR count). The summed E-state index contributed by atoms with van der Waals surface area (Å²) in [5.74, 6) is 0.0742. The number of aromatic nitrogens is 3. The Bertz CT molecular complexity index is 802. The van der Waals surface area contributed by atoms with Crippen molar-refractivity contribution in [2.24, 2.45) is 0 Å². The fourth-order valence-corrected chi connectivity index (χ4v) is 3.32. The largest absolute Gasteiger partial charge is 0.293 e. The lowest BCUT2D eigenvalue weighted by atomic mass is 10.1. The highest BCUT2D eigenvalue weighted by Crippen LogP contribution is 2.26. The first-order chi connectivity index (χ1) is 11.1. The van der Waals surface area contributed by atoms with Gasteiger partial charge in [0, 0.05) is 15.7 Å². The van der Waals surface area contributed by atoms with Gasteiger partial charge in [-0.3, -0.25) is 9.36 Å². The van der Waals surface area contributed by atoms with Gasteiger partial charge in [0.05, 0.1) is 5.25 Å². The zero-order chi connectivity index (χ0) is 16.2. The second-order valence-electron chi connectivity index (χ2n) is 4.95. The molecule has 0 spiro atoms. The first kappa shape index (κ1) is 16.0. The lowest BCUT2D eigenvalue weighted by molar-refractivity contribution is 0.0994. The van der Waals surface area contributed by atoms with E-state index in [0.717, 1.165) is 10.2 Å². The van der Waals surface area contributed by atoms with E-state index in [1.54, 1.807) is 6.33 Å². The summed E-state index contributed by atoms with van der Waals surface area (Å²) in [5, 5.41) is 8.56. The smallest absolute Gasteiger partial charge is 0.196 e. The third-order valence-corrected chi connectivity index (χ3v) is 4.92. The molecule has 0 fully saturated rings. The second kappa shape index (κ2) is 7.10. The number of hydrogen-bond acceptors (Lipinski definition) is 4. The molecule has 6 heteroatoms. The van der Waals surface area contributed by atoms with Crippen LogP contribution in [0, 0.1) is 0 Å². The predicted molar refractivity (Wildman–Crippen MR) is 95.2 cm³/mol. The van der Waals surface area contributed by atoms with Crippen LogP contribution >= 0.6 is 27.7 Å². The number of nitrogens with zero attached hydrogens (tertiary/aromatic N) is 3. The van der Waals surface area contributed by atoms with E-state index in [0.29, 0.717) is 10.7 Å². The summed E-state index contributed by atoms with van der Waals surface area (Å²) in [7, 11) is 0. The van der Waals surface area contributed by atoms with E-state index in [-0.39, 0.29) is 11.0 Å². The van der Waals surface area contributed by atoms with Gasteiger partial charge in [-0.2, -0.15) is 0 Å². The van der Waals surface area contributed by atoms with Gasteiger partial charge >= 0.3 is 0 Å². The summed E-state index contributed by atoms with van der Waals surface area (Å²) in [6, 6.07) is 17.2. The lowest BCUT2D eigenvalue weighted by Crippen LogP contribution is -2.14. The number of thioether (sulfide) groups is 1. The summed E-state index contributed by atoms with van der Waals surface area (Å²) in [4.78, 5) is 12.5. The first-order valence-corrected chi connectivity index (χ1v) is 8.74. The summed E-state index contributed by atoms with van der Waals surface area (Å²) in [5.41, 5.74) is 1.67. The van der Waals surface area contributed by atoms with Gasteiger partial charge in [0.1, 0.15) is 6.33 Å². The molecule has 4 nitrogen and oxygen atoms in total. The highest BCUT2D eigenvalue weighted by Gasteiger charge is 2.19. The molecule has 1 atom stereocenters. The van der Waals surface area contributed by atoms with Crippen molar-refractivity contribution in [1.29, 1.82) is 0 Å². The van der Waals surface area contributed by atoms with Crippen LogP contribution in [0.15, 0.2) is 70.6 Å². The molecule has 0 N–H and O–H groups in total. The van der Waals surface area contributed by atoms with Crippen LogP contribution in [0.2, 0.25) is 0 Å². The summed E-state index contributed by atoms with van der Waals surface area (Å²) >= 11 is 4.78. The zero-order valence-corrected chi connectivity index (χ0v) is 14.8. The Kier molecular flexibility index (Phi) is 4.93. The van der Waals surface area contributed by atoms with Gasteiger partial charge in [0.25, 0.3) is 0 Å². The molecule has 23 heavy (non-hydrogen) atoms. The minimum absolute atomic E-state index is 0.0742. The molecule has 116 valence electrons. The normalized spacial score (nSPS) is 12.1. The standard InChI is InChI=1S/C17H14BrN3OS/c1-12(16(22)13-7-9-14(18)10-8-13)23-17-20-19-11-21(17)15-5-3-2-4-6-15/h2-12H,1H3/t12-/m0/s1. The van der Waals surface area contributed by atoms with Crippen LogP contribution in [0.3, 0.4) is 0 Å². The number of Topliss-reactive ketones (excluding diaryl/α,β-unsaturated/α-hetero) is 1. The molecule has 1 heterocycles.